The number of non-ortho nitro benzene ring substituents is 1. The zero-order chi connectivity index (χ0) is 20.5. The third-order valence-corrected chi connectivity index (χ3v) is 7.11. The molecule has 150 valence electrons. The van der Waals surface area contributed by atoms with Gasteiger partial charge < -0.3 is 0 Å². The quantitative estimate of drug-likeness (QED) is 0.566. The first-order valence-electron chi connectivity index (χ1n) is 9.22. The molecular formula is C20H25N3O4S. The van der Waals surface area contributed by atoms with Crippen LogP contribution >= 0.6 is 0 Å². The van der Waals surface area contributed by atoms with Crippen molar-refractivity contribution in [1.82, 2.24) is 9.21 Å². The van der Waals surface area contributed by atoms with E-state index in [1.165, 1.54) is 44.8 Å². The molecule has 8 heteroatoms. The van der Waals surface area contributed by atoms with Gasteiger partial charge in [0.25, 0.3) is 5.69 Å². The van der Waals surface area contributed by atoms with E-state index in [2.05, 4.69) is 37.8 Å². The number of hydrogen-bond acceptors (Lipinski definition) is 5. The molecule has 1 heterocycles. The Morgan fingerprint density at radius 1 is 1.00 bits per heavy atom. The second-order valence-corrected chi connectivity index (χ2v) is 9.25. The SMILES string of the molecule is Cc1cc(C)c(CN2CCN(S(=O)(=O)c3cccc([N+](=O)[O-])c3)CC2)c(C)c1. The first-order valence-corrected chi connectivity index (χ1v) is 10.7. The number of nitro groups is 1. The van der Waals surface area contributed by atoms with E-state index in [-0.39, 0.29) is 10.6 Å². The Balaban J connectivity index is 1.70. The number of rotatable bonds is 5. The van der Waals surface area contributed by atoms with Crippen molar-refractivity contribution in [3.8, 4) is 0 Å². The van der Waals surface area contributed by atoms with Crippen molar-refractivity contribution in [2.45, 2.75) is 32.2 Å². The first kappa shape index (κ1) is 20.4. The van der Waals surface area contributed by atoms with Gasteiger partial charge in [0, 0.05) is 44.9 Å². The van der Waals surface area contributed by atoms with Crippen LogP contribution in [0.2, 0.25) is 0 Å². The van der Waals surface area contributed by atoms with Crippen molar-refractivity contribution in [3.05, 3.63) is 68.8 Å². The topological polar surface area (TPSA) is 83.8 Å². The molecule has 3 rings (SSSR count). The van der Waals surface area contributed by atoms with Crippen LogP contribution in [-0.4, -0.2) is 48.7 Å². The Morgan fingerprint density at radius 3 is 2.18 bits per heavy atom. The van der Waals surface area contributed by atoms with E-state index >= 15 is 0 Å². The predicted octanol–water partition coefficient (Wildman–Crippen LogP) is 3.03. The number of aryl methyl sites for hydroxylation is 3. The molecule has 0 radical (unpaired) electrons. The van der Waals surface area contributed by atoms with Crippen molar-refractivity contribution < 1.29 is 13.3 Å². The lowest BCUT2D eigenvalue weighted by Gasteiger charge is -2.34. The van der Waals surface area contributed by atoms with Gasteiger partial charge in [-0.05, 0) is 43.5 Å². The van der Waals surface area contributed by atoms with E-state index in [1.807, 2.05) is 0 Å². The standard InChI is InChI=1S/C20H25N3O4S/c1-15-11-16(2)20(17(3)12-15)14-21-7-9-22(10-8-21)28(26,27)19-6-4-5-18(13-19)23(24)25/h4-6,11-13H,7-10,14H2,1-3H3. The summed E-state index contributed by atoms with van der Waals surface area (Å²) in [5.41, 5.74) is 4.82. The lowest BCUT2D eigenvalue weighted by molar-refractivity contribution is -0.385. The number of piperazine rings is 1. The smallest absolute Gasteiger partial charge is 0.270 e. The summed E-state index contributed by atoms with van der Waals surface area (Å²) in [5.74, 6) is 0. The molecule has 0 amide bonds. The highest BCUT2D eigenvalue weighted by molar-refractivity contribution is 7.89. The molecule has 28 heavy (non-hydrogen) atoms. The van der Waals surface area contributed by atoms with Crippen LogP contribution in [0.15, 0.2) is 41.3 Å². The third-order valence-electron chi connectivity index (χ3n) is 5.22. The fourth-order valence-corrected chi connectivity index (χ4v) is 5.18. The summed E-state index contributed by atoms with van der Waals surface area (Å²) in [7, 11) is -3.73. The van der Waals surface area contributed by atoms with Gasteiger partial charge in [-0.25, -0.2) is 8.42 Å². The normalized spacial score (nSPS) is 16.2. The maximum absolute atomic E-state index is 12.9. The molecule has 1 fully saturated rings. The molecule has 2 aromatic carbocycles. The monoisotopic (exact) mass is 403 g/mol. The zero-order valence-electron chi connectivity index (χ0n) is 16.4. The van der Waals surface area contributed by atoms with Crippen LogP contribution in [0.5, 0.6) is 0 Å². The molecule has 0 atom stereocenters. The Hall–Kier alpha value is -2.29. The van der Waals surface area contributed by atoms with Crippen LogP contribution in [0, 0.1) is 30.9 Å². The highest BCUT2D eigenvalue weighted by atomic mass is 32.2. The van der Waals surface area contributed by atoms with E-state index in [0.717, 1.165) is 12.6 Å². The van der Waals surface area contributed by atoms with Gasteiger partial charge in [0.05, 0.1) is 9.82 Å². The maximum Gasteiger partial charge on any atom is 0.270 e. The third kappa shape index (κ3) is 4.24. The lowest BCUT2D eigenvalue weighted by atomic mass is 9.99. The zero-order valence-corrected chi connectivity index (χ0v) is 17.2. The highest BCUT2D eigenvalue weighted by Crippen LogP contribution is 2.23. The molecule has 0 spiro atoms. The van der Waals surface area contributed by atoms with Gasteiger partial charge in [0.2, 0.25) is 10.0 Å². The maximum atomic E-state index is 12.9. The van der Waals surface area contributed by atoms with Gasteiger partial charge >= 0.3 is 0 Å². The van der Waals surface area contributed by atoms with Crippen LogP contribution in [0.4, 0.5) is 5.69 Å². The summed E-state index contributed by atoms with van der Waals surface area (Å²) in [5, 5.41) is 10.9. The fourth-order valence-electron chi connectivity index (χ4n) is 3.72. The molecule has 2 aromatic rings. The Kier molecular flexibility index (Phi) is 5.83. The molecule has 1 aliphatic heterocycles. The summed E-state index contributed by atoms with van der Waals surface area (Å²) in [6, 6.07) is 9.58. The van der Waals surface area contributed by atoms with E-state index in [4.69, 9.17) is 0 Å². The average molecular weight is 404 g/mol. The predicted molar refractivity (Wildman–Crippen MR) is 108 cm³/mol. The van der Waals surface area contributed by atoms with Crippen molar-refractivity contribution in [3.63, 3.8) is 0 Å². The Labute approximate surface area is 165 Å². The van der Waals surface area contributed by atoms with Crippen molar-refractivity contribution in [2.24, 2.45) is 0 Å². The molecule has 0 bridgehead atoms. The minimum Gasteiger partial charge on any atom is -0.296 e. The minimum atomic E-state index is -3.73. The van der Waals surface area contributed by atoms with E-state index < -0.39 is 14.9 Å². The molecule has 0 aliphatic carbocycles. The average Bonchev–Trinajstić information content (AvgIpc) is 2.65. The Morgan fingerprint density at radius 2 is 1.61 bits per heavy atom. The van der Waals surface area contributed by atoms with Crippen LogP contribution in [0.3, 0.4) is 0 Å². The van der Waals surface area contributed by atoms with Gasteiger partial charge in [0.15, 0.2) is 0 Å². The number of nitrogens with zero attached hydrogens (tertiary/aromatic N) is 3. The molecule has 0 unspecified atom stereocenters. The van der Waals surface area contributed by atoms with Crippen molar-refractivity contribution in [2.75, 3.05) is 26.2 Å². The van der Waals surface area contributed by atoms with Gasteiger partial charge in [-0.3, -0.25) is 15.0 Å². The largest absolute Gasteiger partial charge is 0.296 e. The van der Waals surface area contributed by atoms with Gasteiger partial charge in [-0.15, -0.1) is 0 Å². The molecule has 1 aliphatic rings. The van der Waals surface area contributed by atoms with Crippen LogP contribution in [0.25, 0.3) is 0 Å². The summed E-state index contributed by atoms with van der Waals surface area (Å²) in [6.45, 7) is 9.09. The molecular weight excluding hydrogens is 378 g/mol. The molecule has 0 aromatic heterocycles. The number of hydrogen-bond donors (Lipinski definition) is 0. The summed E-state index contributed by atoms with van der Waals surface area (Å²) < 4.78 is 27.1. The number of benzene rings is 2. The minimum absolute atomic E-state index is 0.0274. The number of sulfonamides is 1. The molecule has 0 saturated carbocycles. The van der Waals surface area contributed by atoms with E-state index in [1.54, 1.807) is 0 Å². The summed E-state index contributed by atoms with van der Waals surface area (Å²) in [6.07, 6.45) is 0. The molecule has 0 N–H and O–H groups in total. The highest BCUT2D eigenvalue weighted by Gasteiger charge is 2.29. The van der Waals surface area contributed by atoms with Gasteiger partial charge in [-0.1, -0.05) is 23.8 Å². The van der Waals surface area contributed by atoms with E-state index in [9.17, 15) is 18.5 Å². The van der Waals surface area contributed by atoms with Gasteiger partial charge in [0.1, 0.15) is 0 Å². The van der Waals surface area contributed by atoms with Crippen molar-refractivity contribution in [1.29, 1.82) is 0 Å². The second kappa shape index (κ2) is 7.98. The fraction of sp³-hybridized carbons (Fsp3) is 0.400. The first-order chi connectivity index (χ1) is 13.2. The second-order valence-electron chi connectivity index (χ2n) is 7.31. The molecule has 1 saturated heterocycles. The number of nitro benzene ring substituents is 1. The Bertz CT molecular complexity index is 973. The van der Waals surface area contributed by atoms with Gasteiger partial charge in [-0.2, -0.15) is 4.31 Å². The van der Waals surface area contributed by atoms with Crippen LogP contribution < -0.4 is 0 Å². The molecule has 7 nitrogen and oxygen atoms in total. The van der Waals surface area contributed by atoms with E-state index in [0.29, 0.717) is 26.2 Å². The lowest BCUT2D eigenvalue weighted by Crippen LogP contribution is -2.48. The summed E-state index contributed by atoms with van der Waals surface area (Å²) in [4.78, 5) is 12.6. The van der Waals surface area contributed by atoms with Crippen LogP contribution in [0.1, 0.15) is 22.3 Å². The van der Waals surface area contributed by atoms with Crippen molar-refractivity contribution >= 4 is 15.7 Å². The van der Waals surface area contributed by atoms with Crippen LogP contribution in [-0.2, 0) is 16.6 Å². The summed E-state index contributed by atoms with van der Waals surface area (Å²) >= 11 is 0.